The molecule has 0 aliphatic heterocycles. The second kappa shape index (κ2) is 5.10. The van der Waals surface area contributed by atoms with Crippen molar-refractivity contribution in [2.45, 2.75) is 12.3 Å². The van der Waals surface area contributed by atoms with Crippen LogP contribution in [-0.2, 0) is 0 Å². The maximum Gasteiger partial charge on any atom is 0.166 e. The second-order valence-corrected chi connectivity index (χ2v) is 6.22. The van der Waals surface area contributed by atoms with Crippen LogP contribution in [0.15, 0.2) is 53.0 Å². The van der Waals surface area contributed by atoms with E-state index in [9.17, 15) is 4.79 Å². The highest BCUT2D eigenvalue weighted by Gasteiger charge is 2.43. The molecule has 3 heteroatoms. The molecule has 1 aliphatic carbocycles. The number of Topliss-reactive ketones (excluding diaryl/α,β-unsaturated/α-hetero) is 1. The van der Waals surface area contributed by atoms with E-state index in [1.54, 1.807) is 0 Å². The molecule has 0 spiro atoms. The summed E-state index contributed by atoms with van der Waals surface area (Å²) in [6.07, 6.45) is 0.941. The van der Waals surface area contributed by atoms with Crippen LogP contribution in [0.4, 0.5) is 0 Å². The van der Waals surface area contributed by atoms with Crippen molar-refractivity contribution in [2.24, 2.45) is 5.92 Å². The smallest absolute Gasteiger partial charge is 0.166 e. The van der Waals surface area contributed by atoms with Gasteiger partial charge in [0, 0.05) is 21.0 Å². The van der Waals surface area contributed by atoms with Gasteiger partial charge in [-0.2, -0.15) is 0 Å². The van der Waals surface area contributed by atoms with Crippen LogP contribution < -0.4 is 0 Å². The number of hydrogen-bond donors (Lipinski definition) is 0. The van der Waals surface area contributed by atoms with Crippen LogP contribution in [-0.4, -0.2) is 5.78 Å². The molecule has 2 atom stereocenters. The molecule has 1 saturated carbocycles. The number of carbonyl (C=O) groups is 1. The van der Waals surface area contributed by atoms with Crippen LogP contribution in [0.3, 0.4) is 0 Å². The fraction of sp³-hybridized carbons (Fsp3) is 0.188. The molecular weight excluding hydrogens is 324 g/mol. The molecule has 0 amide bonds. The molecule has 3 rings (SSSR count). The Kier molecular flexibility index (Phi) is 3.46. The third kappa shape index (κ3) is 2.75. The van der Waals surface area contributed by atoms with E-state index in [-0.39, 0.29) is 11.7 Å². The molecule has 0 bridgehead atoms. The van der Waals surface area contributed by atoms with Gasteiger partial charge in [-0.15, -0.1) is 0 Å². The van der Waals surface area contributed by atoms with Crippen molar-refractivity contribution in [2.75, 3.05) is 0 Å². The number of ketones is 1. The lowest BCUT2D eigenvalue weighted by Gasteiger charge is -2.02. The summed E-state index contributed by atoms with van der Waals surface area (Å²) >= 11 is 9.25. The molecule has 1 nitrogen and oxygen atoms in total. The van der Waals surface area contributed by atoms with E-state index in [4.69, 9.17) is 11.6 Å². The Morgan fingerprint density at radius 2 is 1.68 bits per heavy atom. The summed E-state index contributed by atoms with van der Waals surface area (Å²) in [6.45, 7) is 0. The van der Waals surface area contributed by atoms with Crippen LogP contribution >= 0.6 is 27.5 Å². The van der Waals surface area contributed by atoms with Gasteiger partial charge in [0.15, 0.2) is 5.78 Å². The van der Waals surface area contributed by atoms with E-state index < -0.39 is 0 Å². The number of rotatable bonds is 3. The van der Waals surface area contributed by atoms with E-state index in [2.05, 4.69) is 15.9 Å². The summed E-state index contributed by atoms with van der Waals surface area (Å²) in [5.74, 6) is 0.725. The molecule has 96 valence electrons. The zero-order chi connectivity index (χ0) is 13.4. The van der Waals surface area contributed by atoms with Gasteiger partial charge in [-0.05, 0) is 42.2 Å². The average molecular weight is 336 g/mol. The van der Waals surface area contributed by atoms with Crippen LogP contribution in [0.2, 0.25) is 5.02 Å². The molecular formula is C16H12BrClO. The lowest BCUT2D eigenvalue weighted by molar-refractivity contribution is 0.0965. The van der Waals surface area contributed by atoms with Crippen molar-refractivity contribution in [3.05, 3.63) is 69.2 Å². The first-order chi connectivity index (χ1) is 9.15. The van der Waals surface area contributed by atoms with Gasteiger partial charge in [-0.1, -0.05) is 51.8 Å². The first-order valence-electron chi connectivity index (χ1n) is 6.20. The van der Waals surface area contributed by atoms with Crippen LogP contribution in [0.1, 0.15) is 28.3 Å². The van der Waals surface area contributed by atoms with Crippen molar-refractivity contribution in [1.29, 1.82) is 0 Å². The Balaban J connectivity index is 1.74. The summed E-state index contributed by atoms with van der Waals surface area (Å²) < 4.78 is 0.995. The lowest BCUT2D eigenvalue weighted by Crippen LogP contribution is -2.02. The SMILES string of the molecule is O=C(c1ccc(Br)cc1)[C@@H]1C[C@H]1c1ccc(Cl)cc1. The monoisotopic (exact) mass is 334 g/mol. The Bertz CT molecular complexity index is 604. The Morgan fingerprint density at radius 3 is 2.32 bits per heavy atom. The largest absolute Gasteiger partial charge is 0.294 e. The third-order valence-corrected chi connectivity index (χ3v) is 4.33. The molecule has 0 radical (unpaired) electrons. The van der Waals surface area contributed by atoms with Gasteiger partial charge in [0.25, 0.3) is 0 Å². The predicted molar refractivity (Wildman–Crippen MR) is 80.8 cm³/mol. The average Bonchev–Trinajstić information content (AvgIpc) is 3.20. The van der Waals surface area contributed by atoms with E-state index in [1.807, 2.05) is 48.5 Å². The fourth-order valence-electron chi connectivity index (χ4n) is 2.39. The van der Waals surface area contributed by atoms with Crippen LogP contribution in [0.5, 0.6) is 0 Å². The van der Waals surface area contributed by atoms with Gasteiger partial charge in [-0.25, -0.2) is 0 Å². The van der Waals surface area contributed by atoms with E-state index >= 15 is 0 Å². The van der Waals surface area contributed by atoms with Crippen molar-refractivity contribution < 1.29 is 4.79 Å². The molecule has 2 aromatic rings. The highest BCUT2D eigenvalue weighted by Crippen LogP contribution is 2.49. The molecule has 0 unspecified atom stereocenters. The first-order valence-corrected chi connectivity index (χ1v) is 7.37. The van der Waals surface area contributed by atoms with E-state index in [0.717, 1.165) is 21.5 Å². The van der Waals surface area contributed by atoms with Gasteiger partial charge in [0.1, 0.15) is 0 Å². The van der Waals surface area contributed by atoms with Gasteiger partial charge in [-0.3, -0.25) is 4.79 Å². The van der Waals surface area contributed by atoms with E-state index in [1.165, 1.54) is 5.56 Å². The Morgan fingerprint density at radius 1 is 1.05 bits per heavy atom. The van der Waals surface area contributed by atoms with Gasteiger partial charge < -0.3 is 0 Å². The molecule has 0 aromatic heterocycles. The van der Waals surface area contributed by atoms with Gasteiger partial charge in [0.2, 0.25) is 0 Å². The lowest BCUT2D eigenvalue weighted by atomic mass is 10.0. The number of hydrogen-bond acceptors (Lipinski definition) is 1. The minimum Gasteiger partial charge on any atom is -0.294 e. The number of carbonyl (C=O) groups excluding carboxylic acids is 1. The third-order valence-electron chi connectivity index (χ3n) is 3.55. The van der Waals surface area contributed by atoms with Gasteiger partial charge in [0.05, 0.1) is 0 Å². The van der Waals surface area contributed by atoms with Crippen LogP contribution in [0.25, 0.3) is 0 Å². The minimum absolute atomic E-state index is 0.127. The van der Waals surface area contributed by atoms with Crippen molar-refractivity contribution in [3.8, 4) is 0 Å². The zero-order valence-electron chi connectivity index (χ0n) is 10.1. The van der Waals surface area contributed by atoms with Crippen molar-refractivity contribution in [3.63, 3.8) is 0 Å². The summed E-state index contributed by atoms with van der Waals surface area (Å²) in [6, 6.07) is 15.4. The molecule has 0 saturated heterocycles. The summed E-state index contributed by atoms with van der Waals surface area (Å²) in [5.41, 5.74) is 2.00. The maximum absolute atomic E-state index is 12.3. The summed E-state index contributed by atoms with van der Waals surface area (Å²) in [5, 5.41) is 0.736. The Labute approximate surface area is 125 Å². The maximum atomic E-state index is 12.3. The van der Waals surface area contributed by atoms with Crippen molar-refractivity contribution in [1.82, 2.24) is 0 Å². The molecule has 0 N–H and O–H groups in total. The quantitative estimate of drug-likeness (QED) is 0.714. The van der Waals surface area contributed by atoms with Crippen molar-refractivity contribution >= 4 is 33.3 Å². The topological polar surface area (TPSA) is 17.1 Å². The zero-order valence-corrected chi connectivity index (χ0v) is 12.5. The molecule has 0 heterocycles. The molecule has 19 heavy (non-hydrogen) atoms. The summed E-state index contributed by atoms with van der Waals surface area (Å²) in [7, 11) is 0. The normalized spacial score (nSPS) is 21.2. The molecule has 1 fully saturated rings. The fourth-order valence-corrected chi connectivity index (χ4v) is 2.78. The summed E-state index contributed by atoms with van der Waals surface area (Å²) in [4.78, 5) is 12.3. The second-order valence-electron chi connectivity index (χ2n) is 4.87. The number of benzene rings is 2. The molecule has 1 aliphatic rings. The Hall–Kier alpha value is -1.12. The minimum atomic E-state index is 0.127. The van der Waals surface area contributed by atoms with Gasteiger partial charge >= 0.3 is 0 Å². The highest BCUT2D eigenvalue weighted by molar-refractivity contribution is 9.10. The van der Waals surface area contributed by atoms with Crippen LogP contribution in [0, 0.1) is 5.92 Å². The number of halogens is 2. The predicted octanol–water partition coefficient (Wildman–Crippen LogP) is 5.09. The highest BCUT2D eigenvalue weighted by atomic mass is 79.9. The first kappa shape index (κ1) is 12.9. The van der Waals surface area contributed by atoms with E-state index in [0.29, 0.717) is 5.92 Å². The standard InChI is InChI=1S/C16H12BrClO/c17-12-5-1-11(2-6-12)16(19)15-9-14(15)10-3-7-13(18)8-4-10/h1-8,14-15H,9H2/t14-,15+/m0/s1. The molecule has 2 aromatic carbocycles.